The molecule has 0 spiro atoms. The van der Waals surface area contributed by atoms with Gasteiger partial charge >= 0.3 is 0 Å². The standard InChI is InChI=1S/C14H15N3O3/c15-13(19)8-2-5-10-7(8)1-4-11(16-10)9-3-6-12(18)17-14(9)20/h1,4,8-9H,2-3,5-6H2,(H2,15,19)(H,17,18,20)/t8?,9-/m1/s1. The molecule has 1 aliphatic carbocycles. The second-order valence-corrected chi connectivity index (χ2v) is 5.27. The van der Waals surface area contributed by atoms with E-state index in [-0.39, 0.29) is 29.6 Å². The third-order valence-electron chi connectivity index (χ3n) is 4.02. The minimum absolute atomic E-state index is 0.235. The van der Waals surface area contributed by atoms with Crippen molar-refractivity contribution in [1.29, 1.82) is 0 Å². The van der Waals surface area contributed by atoms with Crippen molar-refractivity contribution in [2.24, 2.45) is 5.73 Å². The van der Waals surface area contributed by atoms with Crippen LogP contribution in [0.25, 0.3) is 0 Å². The van der Waals surface area contributed by atoms with E-state index >= 15 is 0 Å². The summed E-state index contributed by atoms with van der Waals surface area (Å²) >= 11 is 0. The van der Waals surface area contributed by atoms with Crippen LogP contribution in [0, 0.1) is 0 Å². The first-order valence-electron chi connectivity index (χ1n) is 6.69. The average molecular weight is 273 g/mol. The van der Waals surface area contributed by atoms with Gasteiger partial charge in [0.1, 0.15) is 0 Å². The van der Waals surface area contributed by atoms with Crippen molar-refractivity contribution in [3.8, 4) is 0 Å². The molecule has 3 rings (SSSR count). The van der Waals surface area contributed by atoms with E-state index in [1.54, 1.807) is 6.07 Å². The van der Waals surface area contributed by atoms with Gasteiger partial charge in [-0.15, -0.1) is 0 Å². The molecule has 1 fully saturated rings. The number of fused-ring (bicyclic) bond motifs is 1. The van der Waals surface area contributed by atoms with E-state index in [2.05, 4.69) is 10.3 Å². The normalized spacial score (nSPS) is 25.2. The van der Waals surface area contributed by atoms with E-state index in [1.165, 1.54) is 0 Å². The van der Waals surface area contributed by atoms with Gasteiger partial charge in [-0.2, -0.15) is 0 Å². The number of aromatic nitrogens is 1. The highest BCUT2D eigenvalue weighted by Crippen LogP contribution is 2.33. The van der Waals surface area contributed by atoms with E-state index in [0.717, 1.165) is 11.3 Å². The number of piperidine rings is 1. The highest BCUT2D eigenvalue weighted by molar-refractivity contribution is 6.00. The molecule has 3 N–H and O–H groups in total. The summed E-state index contributed by atoms with van der Waals surface area (Å²) in [5, 5.41) is 2.33. The molecule has 1 aliphatic heterocycles. The zero-order chi connectivity index (χ0) is 14.3. The van der Waals surface area contributed by atoms with Gasteiger partial charge in [0, 0.05) is 12.1 Å². The lowest BCUT2D eigenvalue weighted by Gasteiger charge is -2.20. The number of hydrogen-bond donors (Lipinski definition) is 2. The molecule has 1 aromatic heterocycles. The first-order chi connectivity index (χ1) is 9.56. The summed E-state index contributed by atoms with van der Waals surface area (Å²) in [6, 6.07) is 3.60. The van der Waals surface area contributed by atoms with Crippen molar-refractivity contribution < 1.29 is 14.4 Å². The number of rotatable bonds is 2. The average Bonchev–Trinajstić information content (AvgIpc) is 2.81. The van der Waals surface area contributed by atoms with E-state index in [0.29, 0.717) is 31.4 Å². The number of nitrogens with zero attached hydrogens (tertiary/aromatic N) is 1. The summed E-state index contributed by atoms with van der Waals surface area (Å²) in [6.07, 6.45) is 2.19. The Balaban J connectivity index is 1.89. The maximum absolute atomic E-state index is 11.8. The first-order valence-corrected chi connectivity index (χ1v) is 6.69. The number of carbonyl (C=O) groups excluding carboxylic acids is 3. The molecule has 2 atom stereocenters. The lowest BCUT2D eigenvalue weighted by Crippen LogP contribution is -2.39. The van der Waals surface area contributed by atoms with Crippen LogP contribution >= 0.6 is 0 Å². The number of nitrogens with one attached hydrogen (secondary N) is 1. The van der Waals surface area contributed by atoms with Gasteiger partial charge in [0.05, 0.1) is 17.5 Å². The molecule has 1 unspecified atom stereocenters. The minimum Gasteiger partial charge on any atom is -0.369 e. The van der Waals surface area contributed by atoms with E-state index in [9.17, 15) is 14.4 Å². The Kier molecular flexibility index (Phi) is 3.00. The lowest BCUT2D eigenvalue weighted by atomic mass is 9.93. The van der Waals surface area contributed by atoms with Crippen LogP contribution in [0.3, 0.4) is 0 Å². The van der Waals surface area contributed by atoms with Gasteiger partial charge in [0.2, 0.25) is 17.7 Å². The van der Waals surface area contributed by atoms with Crippen LogP contribution in [0.5, 0.6) is 0 Å². The second kappa shape index (κ2) is 4.70. The van der Waals surface area contributed by atoms with Crippen LogP contribution in [-0.4, -0.2) is 22.7 Å². The molecule has 6 heteroatoms. The molecule has 2 heterocycles. The van der Waals surface area contributed by atoms with Crippen molar-refractivity contribution in [1.82, 2.24) is 10.3 Å². The number of imide groups is 1. The van der Waals surface area contributed by atoms with Crippen LogP contribution < -0.4 is 11.1 Å². The molecule has 1 aromatic rings. The SMILES string of the molecule is NC(=O)C1CCc2nc([C@H]3CCC(=O)NC3=O)ccc21. The predicted octanol–water partition coefficient (Wildman–Crippen LogP) is 0.117. The molecule has 2 aliphatic rings. The summed E-state index contributed by atoms with van der Waals surface area (Å²) < 4.78 is 0. The number of nitrogens with two attached hydrogens (primary N) is 1. The molecule has 104 valence electrons. The molecule has 6 nitrogen and oxygen atoms in total. The van der Waals surface area contributed by atoms with Gasteiger partial charge in [-0.1, -0.05) is 6.07 Å². The topological polar surface area (TPSA) is 102 Å². The van der Waals surface area contributed by atoms with Gasteiger partial charge in [-0.3, -0.25) is 24.7 Å². The van der Waals surface area contributed by atoms with E-state index < -0.39 is 0 Å². The summed E-state index contributed by atoms with van der Waals surface area (Å²) in [4.78, 5) is 38.8. The fourth-order valence-electron chi connectivity index (χ4n) is 2.95. The number of amides is 3. The molecule has 1 saturated heterocycles. The predicted molar refractivity (Wildman–Crippen MR) is 69.6 cm³/mol. The molecular formula is C14H15N3O3. The number of carbonyl (C=O) groups is 3. The zero-order valence-electron chi connectivity index (χ0n) is 10.9. The maximum atomic E-state index is 11.8. The maximum Gasteiger partial charge on any atom is 0.235 e. The highest BCUT2D eigenvalue weighted by atomic mass is 16.2. The Bertz CT molecular complexity index is 612. The van der Waals surface area contributed by atoms with Crippen molar-refractivity contribution >= 4 is 17.7 Å². The molecule has 20 heavy (non-hydrogen) atoms. The molecule has 0 bridgehead atoms. The largest absolute Gasteiger partial charge is 0.369 e. The molecule has 0 saturated carbocycles. The van der Waals surface area contributed by atoms with Crippen molar-refractivity contribution in [3.05, 3.63) is 29.1 Å². The fourth-order valence-corrected chi connectivity index (χ4v) is 2.95. The van der Waals surface area contributed by atoms with Crippen LogP contribution in [-0.2, 0) is 20.8 Å². The van der Waals surface area contributed by atoms with Gasteiger partial charge in [-0.05, 0) is 30.9 Å². The van der Waals surface area contributed by atoms with Gasteiger partial charge in [0.15, 0.2) is 0 Å². The smallest absolute Gasteiger partial charge is 0.235 e. The van der Waals surface area contributed by atoms with Crippen molar-refractivity contribution in [2.45, 2.75) is 37.5 Å². The fraction of sp³-hybridized carbons (Fsp3) is 0.429. The van der Waals surface area contributed by atoms with E-state index in [1.807, 2.05) is 6.07 Å². The Morgan fingerprint density at radius 1 is 1.25 bits per heavy atom. The van der Waals surface area contributed by atoms with Gasteiger partial charge in [0.25, 0.3) is 0 Å². The summed E-state index contributed by atoms with van der Waals surface area (Å²) in [6.45, 7) is 0. The van der Waals surface area contributed by atoms with E-state index in [4.69, 9.17) is 5.73 Å². The molecule has 3 amide bonds. The highest BCUT2D eigenvalue weighted by Gasteiger charge is 2.32. The van der Waals surface area contributed by atoms with Gasteiger partial charge < -0.3 is 5.73 Å². The summed E-state index contributed by atoms with van der Waals surface area (Å²) in [5.41, 5.74) is 7.74. The molecule has 0 aromatic carbocycles. The van der Waals surface area contributed by atoms with Crippen molar-refractivity contribution in [3.63, 3.8) is 0 Å². The van der Waals surface area contributed by atoms with Crippen LogP contribution in [0.4, 0.5) is 0 Å². The zero-order valence-corrected chi connectivity index (χ0v) is 10.9. The van der Waals surface area contributed by atoms with Gasteiger partial charge in [-0.25, -0.2) is 0 Å². The monoisotopic (exact) mass is 273 g/mol. The van der Waals surface area contributed by atoms with Crippen molar-refractivity contribution in [2.75, 3.05) is 0 Å². The lowest BCUT2D eigenvalue weighted by molar-refractivity contribution is -0.134. The minimum atomic E-state index is -0.384. The third kappa shape index (κ3) is 2.07. The number of primary amides is 1. The summed E-state index contributed by atoms with van der Waals surface area (Å²) in [7, 11) is 0. The third-order valence-corrected chi connectivity index (χ3v) is 4.02. The number of aryl methyl sites for hydroxylation is 1. The van der Waals surface area contributed by atoms with Crippen LogP contribution in [0.2, 0.25) is 0 Å². The molecular weight excluding hydrogens is 258 g/mol. The molecule has 0 radical (unpaired) electrons. The quantitative estimate of drug-likeness (QED) is 0.747. The second-order valence-electron chi connectivity index (χ2n) is 5.27. The summed E-state index contributed by atoms with van der Waals surface area (Å²) in [5.74, 6) is -1.52. The van der Waals surface area contributed by atoms with Crippen LogP contribution in [0.1, 0.15) is 48.0 Å². The Morgan fingerprint density at radius 3 is 2.75 bits per heavy atom. The first kappa shape index (κ1) is 12.8. The Hall–Kier alpha value is -2.24. The van der Waals surface area contributed by atoms with Crippen LogP contribution in [0.15, 0.2) is 12.1 Å². The number of pyridine rings is 1. The Labute approximate surface area is 115 Å². The number of hydrogen-bond acceptors (Lipinski definition) is 4. The Morgan fingerprint density at radius 2 is 2.05 bits per heavy atom.